The lowest BCUT2D eigenvalue weighted by Crippen LogP contribution is -2.21. The molecule has 0 heterocycles. The third kappa shape index (κ3) is 4.37. The summed E-state index contributed by atoms with van der Waals surface area (Å²) in [5.41, 5.74) is 6.91. The molecule has 4 N–H and O–H groups in total. The Morgan fingerprint density at radius 1 is 1.42 bits per heavy atom. The molecule has 0 aliphatic carbocycles. The molecule has 1 rings (SSSR count). The van der Waals surface area contributed by atoms with Gasteiger partial charge in [0.05, 0.1) is 5.56 Å². The number of carbonyl (C=O) groups excluding carboxylic acids is 1. The predicted molar refractivity (Wildman–Crippen MR) is 74.2 cm³/mol. The van der Waals surface area contributed by atoms with Crippen molar-refractivity contribution in [1.82, 2.24) is 0 Å². The Hall–Kier alpha value is -1.88. The Bertz CT molecular complexity index is 468. The van der Waals surface area contributed by atoms with E-state index in [-0.39, 0.29) is 17.4 Å². The normalized spacial score (nSPS) is 11.9. The number of carboxylic acids is 1. The maximum atomic E-state index is 11.8. The summed E-state index contributed by atoms with van der Waals surface area (Å²) >= 11 is 0. The second-order valence-corrected chi connectivity index (χ2v) is 4.60. The van der Waals surface area contributed by atoms with Gasteiger partial charge in [0.15, 0.2) is 0 Å². The molecule has 1 unspecified atom stereocenters. The molecule has 0 aliphatic heterocycles. The first-order valence-corrected chi connectivity index (χ1v) is 6.31. The Morgan fingerprint density at radius 2 is 2.11 bits per heavy atom. The average Bonchev–Trinajstić information content (AvgIpc) is 2.37. The van der Waals surface area contributed by atoms with Gasteiger partial charge >= 0.3 is 5.97 Å². The number of hydrogen-bond acceptors (Lipinski definition) is 3. The molecule has 0 bridgehead atoms. The summed E-state index contributed by atoms with van der Waals surface area (Å²) in [7, 11) is 0. The monoisotopic (exact) mass is 264 g/mol. The highest BCUT2D eigenvalue weighted by molar-refractivity contribution is 5.94. The molecule has 0 aromatic heterocycles. The average molecular weight is 264 g/mol. The molecule has 104 valence electrons. The lowest BCUT2D eigenvalue weighted by atomic mass is 10.0. The summed E-state index contributed by atoms with van der Waals surface area (Å²) in [5, 5.41) is 11.7. The first-order chi connectivity index (χ1) is 8.97. The van der Waals surface area contributed by atoms with E-state index in [0.29, 0.717) is 24.2 Å². The van der Waals surface area contributed by atoms with Gasteiger partial charge in [-0.2, -0.15) is 0 Å². The highest BCUT2D eigenvalue weighted by atomic mass is 16.4. The zero-order valence-corrected chi connectivity index (χ0v) is 11.3. The number of carboxylic acid groups (broad SMARTS) is 1. The summed E-state index contributed by atoms with van der Waals surface area (Å²) in [6.07, 6.45) is 1.20. The largest absolute Gasteiger partial charge is 0.478 e. The van der Waals surface area contributed by atoms with Crippen LogP contribution in [0.5, 0.6) is 0 Å². The Kier molecular flexibility index (Phi) is 5.51. The fourth-order valence-corrected chi connectivity index (χ4v) is 1.80. The zero-order valence-electron chi connectivity index (χ0n) is 11.3. The zero-order chi connectivity index (χ0) is 14.4. The minimum absolute atomic E-state index is 0.141. The predicted octanol–water partition coefficient (Wildman–Crippen LogP) is 2.01. The van der Waals surface area contributed by atoms with Crippen molar-refractivity contribution in [2.45, 2.75) is 26.7 Å². The summed E-state index contributed by atoms with van der Waals surface area (Å²) in [5.74, 6) is -0.983. The Labute approximate surface area is 112 Å². The molecule has 0 radical (unpaired) electrons. The Morgan fingerprint density at radius 3 is 2.63 bits per heavy atom. The molecular formula is C14H20N2O3. The number of nitrogens with two attached hydrogens (primary N) is 1. The number of hydrogen-bond donors (Lipinski definition) is 3. The van der Waals surface area contributed by atoms with Crippen molar-refractivity contribution in [1.29, 1.82) is 0 Å². The van der Waals surface area contributed by atoms with Crippen LogP contribution in [-0.2, 0) is 4.79 Å². The van der Waals surface area contributed by atoms with Crippen molar-refractivity contribution >= 4 is 17.6 Å². The van der Waals surface area contributed by atoms with Crippen molar-refractivity contribution in [3.63, 3.8) is 0 Å². The number of nitrogens with one attached hydrogen (secondary N) is 1. The standard InChI is InChI=1S/C14H20N2O3/c1-3-10(8-15)6-13(17)16-11-5-4-9(2)12(7-11)14(18)19/h4-5,7,10H,3,6,8,15H2,1-2H3,(H,16,17)(H,18,19). The van der Waals surface area contributed by atoms with E-state index in [1.165, 1.54) is 6.07 Å². The van der Waals surface area contributed by atoms with E-state index in [0.717, 1.165) is 6.42 Å². The molecule has 1 amide bonds. The van der Waals surface area contributed by atoms with Crippen LogP contribution in [-0.4, -0.2) is 23.5 Å². The summed E-state index contributed by atoms with van der Waals surface area (Å²) in [6, 6.07) is 4.85. The van der Waals surface area contributed by atoms with Gasteiger partial charge in [0.25, 0.3) is 0 Å². The molecule has 19 heavy (non-hydrogen) atoms. The van der Waals surface area contributed by atoms with Crippen molar-refractivity contribution < 1.29 is 14.7 Å². The van der Waals surface area contributed by atoms with E-state index in [1.807, 2.05) is 6.92 Å². The SMILES string of the molecule is CCC(CN)CC(=O)Nc1ccc(C)c(C(=O)O)c1. The van der Waals surface area contributed by atoms with Crippen LogP contribution < -0.4 is 11.1 Å². The van der Waals surface area contributed by atoms with Gasteiger partial charge in [0.2, 0.25) is 5.91 Å². The molecule has 1 aromatic rings. The van der Waals surface area contributed by atoms with Crippen LogP contribution in [0.1, 0.15) is 35.7 Å². The fourth-order valence-electron chi connectivity index (χ4n) is 1.80. The molecule has 5 heteroatoms. The molecule has 0 aliphatic rings. The smallest absolute Gasteiger partial charge is 0.336 e. The fraction of sp³-hybridized carbons (Fsp3) is 0.429. The molecule has 5 nitrogen and oxygen atoms in total. The van der Waals surface area contributed by atoms with Crippen molar-refractivity contribution in [3.05, 3.63) is 29.3 Å². The lowest BCUT2D eigenvalue weighted by Gasteiger charge is -2.12. The number of aromatic carboxylic acids is 1. The molecule has 0 saturated heterocycles. The summed E-state index contributed by atoms with van der Waals surface area (Å²) in [4.78, 5) is 22.8. The van der Waals surface area contributed by atoms with Crippen LogP contribution >= 0.6 is 0 Å². The van der Waals surface area contributed by atoms with E-state index >= 15 is 0 Å². The third-order valence-corrected chi connectivity index (χ3v) is 3.14. The quantitative estimate of drug-likeness (QED) is 0.732. The van der Waals surface area contributed by atoms with Crippen LogP contribution in [0.3, 0.4) is 0 Å². The first kappa shape index (κ1) is 15.2. The topological polar surface area (TPSA) is 92.4 Å². The van der Waals surface area contributed by atoms with E-state index in [4.69, 9.17) is 10.8 Å². The Balaban J connectivity index is 2.74. The number of carbonyl (C=O) groups is 2. The molecule has 0 fully saturated rings. The van der Waals surface area contributed by atoms with Gasteiger partial charge in [-0.15, -0.1) is 0 Å². The highest BCUT2D eigenvalue weighted by Crippen LogP contribution is 2.16. The van der Waals surface area contributed by atoms with Gasteiger partial charge in [-0.3, -0.25) is 4.79 Å². The molecule has 1 aromatic carbocycles. The first-order valence-electron chi connectivity index (χ1n) is 6.31. The van der Waals surface area contributed by atoms with Crippen LogP contribution in [0.4, 0.5) is 5.69 Å². The van der Waals surface area contributed by atoms with Crippen molar-refractivity contribution in [2.24, 2.45) is 11.7 Å². The minimum Gasteiger partial charge on any atom is -0.478 e. The van der Waals surface area contributed by atoms with Gasteiger partial charge in [0, 0.05) is 12.1 Å². The molecule has 0 saturated carbocycles. The van der Waals surface area contributed by atoms with E-state index in [1.54, 1.807) is 19.1 Å². The van der Waals surface area contributed by atoms with Crippen LogP contribution in [0.2, 0.25) is 0 Å². The second kappa shape index (κ2) is 6.89. The van der Waals surface area contributed by atoms with Crippen LogP contribution in [0.25, 0.3) is 0 Å². The highest BCUT2D eigenvalue weighted by Gasteiger charge is 2.12. The van der Waals surface area contributed by atoms with Gasteiger partial charge in [0.1, 0.15) is 0 Å². The van der Waals surface area contributed by atoms with Crippen LogP contribution in [0, 0.1) is 12.8 Å². The molecule has 0 spiro atoms. The van der Waals surface area contributed by atoms with Gasteiger partial charge in [-0.05, 0) is 37.1 Å². The van der Waals surface area contributed by atoms with Crippen molar-refractivity contribution in [2.75, 3.05) is 11.9 Å². The van der Waals surface area contributed by atoms with Crippen molar-refractivity contribution in [3.8, 4) is 0 Å². The number of amides is 1. The summed E-state index contributed by atoms with van der Waals surface area (Å²) in [6.45, 7) is 4.17. The van der Waals surface area contributed by atoms with Gasteiger partial charge < -0.3 is 16.2 Å². The van der Waals surface area contributed by atoms with Gasteiger partial charge in [-0.25, -0.2) is 4.79 Å². The molecular weight excluding hydrogens is 244 g/mol. The van der Waals surface area contributed by atoms with E-state index in [9.17, 15) is 9.59 Å². The number of aryl methyl sites for hydroxylation is 1. The minimum atomic E-state index is -0.998. The summed E-state index contributed by atoms with van der Waals surface area (Å²) < 4.78 is 0. The number of anilines is 1. The number of rotatable bonds is 6. The maximum absolute atomic E-state index is 11.8. The maximum Gasteiger partial charge on any atom is 0.336 e. The number of benzene rings is 1. The van der Waals surface area contributed by atoms with E-state index < -0.39 is 5.97 Å². The van der Waals surface area contributed by atoms with Gasteiger partial charge in [-0.1, -0.05) is 19.4 Å². The van der Waals surface area contributed by atoms with E-state index in [2.05, 4.69) is 5.32 Å². The van der Waals surface area contributed by atoms with Crippen LogP contribution in [0.15, 0.2) is 18.2 Å². The second-order valence-electron chi connectivity index (χ2n) is 4.60. The third-order valence-electron chi connectivity index (χ3n) is 3.14. The molecule has 1 atom stereocenters. The lowest BCUT2D eigenvalue weighted by molar-refractivity contribution is -0.117.